The van der Waals surface area contributed by atoms with Crippen LogP contribution in [0.3, 0.4) is 0 Å². The standard InChI is InChI=1S/C20H24O4S/c1-14-15(8-4-2-3-5-11-18(21)24-12-13-25)20(23)17-10-7-6-9-16(17)19(14)22/h6-7,9-10,25H,2-5,8,11-13H2,1H3. The minimum Gasteiger partial charge on any atom is -0.465 e. The van der Waals surface area contributed by atoms with Gasteiger partial charge in [-0.25, -0.2) is 0 Å². The molecule has 0 unspecified atom stereocenters. The lowest BCUT2D eigenvalue weighted by atomic mass is 9.82. The van der Waals surface area contributed by atoms with Gasteiger partial charge >= 0.3 is 5.97 Å². The van der Waals surface area contributed by atoms with Gasteiger partial charge in [-0.3, -0.25) is 14.4 Å². The molecule has 0 heterocycles. The fourth-order valence-electron chi connectivity index (χ4n) is 3.01. The Balaban J connectivity index is 1.79. The van der Waals surface area contributed by atoms with Crippen molar-refractivity contribution in [1.82, 2.24) is 0 Å². The van der Waals surface area contributed by atoms with Crippen molar-refractivity contribution in [2.75, 3.05) is 12.4 Å². The number of unbranched alkanes of at least 4 members (excludes halogenated alkanes) is 3. The van der Waals surface area contributed by atoms with Crippen LogP contribution in [0.25, 0.3) is 0 Å². The van der Waals surface area contributed by atoms with E-state index in [1.807, 2.05) is 0 Å². The topological polar surface area (TPSA) is 60.4 Å². The fraction of sp³-hybridized carbons (Fsp3) is 0.450. The maximum Gasteiger partial charge on any atom is 0.305 e. The van der Waals surface area contributed by atoms with Crippen LogP contribution in [0, 0.1) is 0 Å². The Morgan fingerprint density at radius 2 is 1.64 bits per heavy atom. The van der Waals surface area contributed by atoms with E-state index in [1.54, 1.807) is 31.2 Å². The van der Waals surface area contributed by atoms with Crippen molar-refractivity contribution in [3.8, 4) is 0 Å². The first-order chi connectivity index (χ1) is 12.1. The van der Waals surface area contributed by atoms with Crippen LogP contribution in [-0.4, -0.2) is 29.9 Å². The predicted octanol–water partition coefficient (Wildman–Crippen LogP) is 4.20. The van der Waals surface area contributed by atoms with Crippen LogP contribution in [0.2, 0.25) is 0 Å². The molecule has 1 aliphatic rings. The first kappa shape index (κ1) is 19.4. The molecule has 0 spiro atoms. The van der Waals surface area contributed by atoms with Gasteiger partial charge in [0.2, 0.25) is 0 Å². The molecule has 1 aromatic rings. The third kappa shape index (κ3) is 5.05. The molecule has 2 rings (SSSR count). The second kappa shape index (κ2) is 9.56. The zero-order valence-corrected chi connectivity index (χ0v) is 15.4. The Morgan fingerprint density at radius 3 is 2.32 bits per heavy atom. The third-order valence-corrected chi connectivity index (χ3v) is 4.58. The molecule has 0 amide bonds. The SMILES string of the molecule is CC1=C(CCCCCCC(=O)OCCS)C(=O)c2ccccc2C1=O. The number of ether oxygens (including phenoxy) is 1. The summed E-state index contributed by atoms with van der Waals surface area (Å²) in [6.45, 7) is 2.09. The van der Waals surface area contributed by atoms with E-state index < -0.39 is 0 Å². The Bertz CT molecular complexity index is 691. The quantitative estimate of drug-likeness (QED) is 0.407. The summed E-state index contributed by atoms with van der Waals surface area (Å²) in [7, 11) is 0. The Labute approximate surface area is 154 Å². The Morgan fingerprint density at radius 1 is 1.00 bits per heavy atom. The van der Waals surface area contributed by atoms with Crippen LogP contribution >= 0.6 is 12.6 Å². The number of fused-ring (bicyclic) bond motifs is 1. The number of Topliss-reactive ketones (excluding diaryl/α,β-unsaturated/α-hetero) is 2. The molecule has 0 fully saturated rings. The van der Waals surface area contributed by atoms with E-state index in [4.69, 9.17) is 4.74 Å². The van der Waals surface area contributed by atoms with E-state index in [0.29, 0.717) is 47.5 Å². The first-order valence-electron chi connectivity index (χ1n) is 8.71. The molecule has 134 valence electrons. The molecule has 5 heteroatoms. The van der Waals surface area contributed by atoms with Crippen molar-refractivity contribution >= 4 is 30.2 Å². The van der Waals surface area contributed by atoms with Crippen LogP contribution in [-0.2, 0) is 9.53 Å². The zero-order valence-electron chi connectivity index (χ0n) is 14.5. The van der Waals surface area contributed by atoms with Crippen LogP contribution < -0.4 is 0 Å². The highest BCUT2D eigenvalue weighted by atomic mass is 32.1. The van der Waals surface area contributed by atoms with Gasteiger partial charge in [-0.15, -0.1) is 0 Å². The largest absolute Gasteiger partial charge is 0.465 e. The monoisotopic (exact) mass is 360 g/mol. The van der Waals surface area contributed by atoms with E-state index in [0.717, 1.165) is 25.7 Å². The number of allylic oxidation sites excluding steroid dienone is 2. The number of hydrogen-bond donors (Lipinski definition) is 1. The smallest absolute Gasteiger partial charge is 0.305 e. The molecule has 0 aromatic heterocycles. The fourth-order valence-corrected chi connectivity index (χ4v) is 3.10. The number of esters is 1. The van der Waals surface area contributed by atoms with Gasteiger partial charge in [0.1, 0.15) is 6.61 Å². The van der Waals surface area contributed by atoms with Gasteiger partial charge in [0.15, 0.2) is 11.6 Å². The van der Waals surface area contributed by atoms with Gasteiger partial charge < -0.3 is 4.74 Å². The highest BCUT2D eigenvalue weighted by Gasteiger charge is 2.28. The average Bonchev–Trinajstić information content (AvgIpc) is 2.63. The van der Waals surface area contributed by atoms with Gasteiger partial charge in [0.05, 0.1) is 0 Å². The summed E-state index contributed by atoms with van der Waals surface area (Å²) in [6, 6.07) is 7.00. The molecule has 0 atom stereocenters. The number of carbonyl (C=O) groups is 3. The van der Waals surface area contributed by atoms with Crippen molar-refractivity contribution in [2.24, 2.45) is 0 Å². The molecular weight excluding hydrogens is 336 g/mol. The van der Waals surface area contributed by atoms with Gasteiger partial charge in [0.25, 0.3) is 0 Å². The molecule has 0 aliphatic heterocycles. The summed E-state index contributed by atoms with van der Waals surface area (Å²) in [5, 5.41) is 0. The van der Waals surface area contributed by atoms with E-state index in [1.165, 1.54) is 0 Å². The summed E-state index contributed by atoms with van der Waals surface area (Å²) in [4.78, 5) is 36.4. The minimum absolute atomic E-state index is 0.0250. The Hall–Kier alpha value is -1.88. The molecule has 1 aromatic carbocycles. The van der Waals surface area contributed by atoms with Crippen LogP contribution in [0.4, 0.5) is 0 Å². The van der Waals surface area contributed by atoms with Crippen LogP contribution in [0.1, 0.15) is 66.2 Å². The molecule has 4 nitrogen and oxygen atoms in total. The lowest BCUT2D eigenvalue weighted by Crippen LogP contribution is -2.20. The molecule has 0 N–H and O–H groups in total. The van der Waals surface area contributed by atoms with Crippen molar-refractivity contribution in [3.05, 3.63) is 46.5 Å². The molecular formula is C20H24O4S. The molecule has 1 aliphatic carbocycles. The van der Waals surface area contributed by atoms with E-state index >= 15 is 0 Å². The summed E-state index contributed by atoms with van der Waals surface area (Å²) in [5.41, 5.74) is 2.23. The van der Waals surface area contributed by atoms with E-state index in [2.05, 4.69) is 12.6 Å². The van der Waals surface area contributed by atoms with Gasteiger partial charge in [-0.05, 0) is 26.2 Å². The van der Waals surface area contributed by atoms with Crippen molar-refractivity contribution in [2.45, 2.75) is 45.4 Å². The lowest BCUT2D eigenvalue weighted by molar-refractivity contribution is -0.143. The summed E-state index contributed by atoms with van der Waals surface area (Å²) < 4.78 is 4.96. The van der Waals surface area contributed by atoms with Gasteiger partial charge in [0, 0.05) is 34.4 Å². The second-order valence-electron chi connectivity index (χ2n) is 6.17. The highest BCUT2D eigenvalue weighted by molar-refractivity contribution is 7.80. The molecule has 0 radical (unpaired) electrons. The third-order valence-electron chi connectivity index (χ3n) is 4.40. The van der Waals surface area contributed by atoms with E-state index in [-0.39, 0.29) is 17.5 Å². The van der Waals surface area contributed by atoms with Gasteiger partial charge in [-0.2, -0.15) is 12.6 Å². The van der Waals surface area contributed by atoms with Crippen LogP contribution in [0.5, 0.6) is 0 Å². The molecule has 0 saturated heterocycles. The predicted molar refractivity (Wildman–Crippen MR) is 100 cm³/mol. The van der Waals surface area contributed by atoms with Crippen molar-refractivity contribution < 1.29 is 19.1 Å². The van der Waals surface area contributed by atoms with Gasteiger partial charge in [-0.1, -0.05) is 37.1 Å². The number of thiol groups is 1. The molecule has 25 heavy (non-hydrogen) atoms. The maximum atomic E-state index is 12.6. The summed E-state index contributed by atoms with van der Waals surface area (Å²) >= 11 is 3.99. The average molecular weight is 360 g/mol. The first-order valence-corrected chi connectivity index (χ1v) is 9.34. The lowest BCUT2D eigenvalue weighted by Gasteiger charge is -2.18. The van der Waals surface area contributed by atoms with Crippen LogP contribution in [0.15, 0.2) is 35.4 Å². The normalized spacial score (nSPS) is 13.8. The highest BCUT2D eigenvalue weighted by Crippen LogP contribution is 2.29. The number of rotatable bonds is 9. The molecule has 0 saturated carbocycles. The molecule has 0 bridgehead atoms. The number of carbonyl (C=O) groups excluding carboxylic acids is 3. The van der Waals surface area contributed by atoms with Crippen molar-refractivity contribution in [1.29, 1.82) is 0 Å². The number of benzene rings is 1. The maximum absolute atomic E-state index is 12.6. The van der Waals surface area contributed by atoms with Crippen molar-refractivity contribution in [3.63, 3.8) is 0 Å². The zero-order chi connectivity index (χ0) is 18.2. The minimum atomic E-state index is -0.183. The van der Waals surface area contributed by atoms with E-state index in [9.17, 15) is 14.4 Å². The number of ketones is 2. The Kier molecular flexibility index (Phi) is 7.44. The summed E-state index contributed by atoms with van der Waals surface area (Å²) in [5.74, 6) is 0.285. The number of hydrogen-bond acceptors (Lipinski definition) is 5. The second-order valence-corrected chi connectivity index (χ2v) is 6.61. The summed E-state index contributed by atoms with van der Waals surface area (Å²) in [6.07, 6.45) is 4.45.